The zero-order chi connectivity index (χ0) is 15.6. The highest BCUT2D eigenvalue weighted by Gasteiger charge is 2.35. The molecule has 9 heteroatoms. The van der Waals surface area contributed by atoms with Gasteiger partial charge in [-0.1, -0.05) is 0 Å². The van der Waals surface area contributed by atoms with Crippen molar-refractivity contribution < 1.29 is 13.3 Å². The van der Waals surface area contributed by atoms with E-state index in [0.29, 0.717) is 18.7 Å². The second-order valence-corrected chi connectivity index (χ2v) is 7.07. The molecule has 0 aliphatic carbocycles. The van der Waals surface area contributed by atoms with Gasteiger partial charge in [-0.15, -0.1) is 12.4 Å². The summed E-state index contributed by atoms with van der Waals surface area (Å²) in [6.45, 7) is 2.64. The molecule has 0 amide bonds. The Morgan fingerprint density at radius 3 is 2.68 bits per heavy atom. The molecule has 2 rings (SSSR count). The lowest BCUT2D eigenvalue weighted by Gasteiger charge is -2.24. The maximum atomic E-state index is 12.7. The highest BCUT2D eigenvalue weighted by molar-refractivity contribution is 7.89. The van der Waals surface area contributed by atoms with E-state index in [-0.39, 0.29) is 29.0 Å². The fourth-order valence-corrected chi connectivity index (χ4v) is 4.47. The molecular formula is C13H20ClN3O4S. The van der Waals surface area contributed by atoms with Gasteiger partial charge in [0.2, 0.25) is 10.0 Å². The van der Waals surface area contributed by atoms with Gasteiger partial charge in [0.25, 0.3) is 5.69 Å². The fraction of sp³-hybridized carbons (Fsp3) is 0.538. The fourth-order valence-electron chi connectivity index (χ4n) is 2.69. The summed E-state index contributed by atoms with van der Waals surface area (Å²) in [6.07, 6.45) is 1.66. The minimum absolute atomic E-state index is 0. The van der Waals surface area contributed by atoms with Crippen molar-refractivity contribution in [2.45, 2.75) is 30.7 Å². The molecule has 7 nitrogen and oxygen atoms in total. The first-order valence-electron chi connectivity index (χ1n) is 6.79. The van der Waals surface area contributed by atoms with Crippen molar-refractivity contribution in [2.24, 2.45) is 0 Å². The normalized spacial score (nSPS) is 18.9. The van der Waals surface area contributed by atoms with Crippen molar-refractivity contribution in [1.82, 2.24) is 9.62 Å². The largest absolute Gasteiger partial charge is 0.318 e. The van der Waals surface area contributed by atoms with Gasteiger partial charge < -0.3 is 5.32 Å². The van der Waals surface area contributed by atoms with E-state index in [0.717, 1.165) is 12.8 Å². The van der Waals surface area contributed by atoms with Crippen LogP contribution in [-0.2, 0) is 10.0 Å². The van der Waals surface area contributed by atoms with Gasteiger partial charge in [0.15, 0.2) is 0 Å². The molecule has 1 unspecified atom stereocenters. The van der Waals surface area contributed by atoms with E-state index in [9.17, 15) is 18.5 Å². The van der Waals surface area contributed by atoms with Crippen molar-refractivity contribution in [3.05, 3.63) is 33.9 Å². The Labute approximate surface area is 136 Å². The number of rotatable bonds is 5. The Hall–Kier alpha value is -1.22. The zero-order valence-corrected chi connectivity index (χ0v) is 14.1. The van der Waals surface area contributed by atoms with Crippen LogP contribution in [0.3, 0.4) is 0 Å². The summed E-state index contributed by atoms with van der Waals surface area (Å²) < 4.78 is 26.9. The molecule has 1 atom stereocenters. The van der Waals surface area contributed by atoms with Crippen LogP contribution >= 0.6 is 12.4 Å². The molecule has 1 saturated heterocycles. The van der Waals surface area contributed by atoms with Crippen LogP contribution in [0.25, 0.3) is 0 Å². The van der Waals surface area contributed by atoms with E-state index in [2.05, 4.69) is 5.32 Å². The van der Waals surface area contributed by atoms with Crippen molar-refractivity contribution in [2.75, 3.05) is 20.1 Å². The molecule has 1 fully saturated rings. The highest BCUT2D eigenvalue weighted by Crippen LogP contribution is 2.28. The van der Waals surface area contributed by atoms with Crippen molar-refractivity contribution >= 4 is 28.1 Å². The second-order valence-electron chi connectivity index (χ2n) is 5.17. The zero-order valence-electron chi connectivity index (χ0n) is 12.5. The maximum Gasteiger partial charge on any atom is 0.272 e. The Morgan fingerprint density at radius 1 is 1.45 bits per heavy atom. The third-order valence-electron chi connectivity index (χ3n) is 3.73. The average Bonchev–Trinajstić information content (AvgIpc) is 2.87. The summed E-state index contributed by atoms with van der Waals surface area (Å²) in [4.78, 5) is 10.4. The van der Waals surface area contributed by atoms with Gasteiger partial charge in [0, 0.05) is 30.8 Å². The van der Waals surface area contributed by atoms with E-state index >= 15 is 0 Å². The lowest BCUT2D eigenvalue weighted by atomic mass is 10.2. The summed E-state index contributed by atoms with van der Waals surface area (Å²) in [5.74, 6) is 0. The number of nitro groups is 1. The first kappa shape index (κ1) is 18.8. The minimum Gasteiger partial charge on any atom is -0.318 e. The number of aryl methyl sites for hydroxylation is 1. The van der Waals surface area contributed by atoms with Crippen LogP contribution in [0.4, 0.5) is 5.69 Å². The predicted octanol–water partition coefficient (Wildman–Crippen LogP) is 1.70. The Balaban J connectivity index is 0.00000242. The second kappa shape index (κ2) is 7.36. The number of nitrogens with zero attached hydrogens (tertiary/aromatic N) is 2. The standard InChI is InChI=1S/C13H19N3O4S.ClH/c1-10-8-12(5-6-13(10)16(17)18)21(19,20)15-7-3-4-11(15)9-14-2;/h5-6,8,11,14H,3-4,7,9H2,1-2H3;1H. The van der Waals surface area contributed by atoms with Crippen LogP contribution in [0.15, 0.2) is 23.1 Å². The Bertz CT molecular complexity index is 651. The Kier molecular flexibility index (Phi) is 6.30. The van der Waals surface area contributed by atoms with E-state index in [1.807, 2.05) is 0 Å². The van der Waals surface area contributed by atoms with Crippen LogP contribution in [0.5, 0.6) is 0 Å². The first-order valence-corrected chi connectivity index (χ1v) is 8.23. The highest BCUT2D eigenvalue weighted by atomic mass is 35.5. The lowest BCUT2D eigenvalue weighted by Crippen LogP contribution is -2.40. The van der Waals surface area contributed by atoms with Gasteiger partial charge in [0.1, 0.15) is 0 Å². The third kappa shape index (κ3) is 3.57. The molecule has 0 saturated carbocycles. The number of likely N-dealkylation sites (N-methyl/N-ethyl adjacent to an activating group) is 1. The number of nitro benzene ring substituents is 1. The number of hydrogen-bond acceptors (Lipinski definition) is 5. The maximum absolute atomic E-state index is 12.7. The van der Waals surface area contributed by atoms with E-state index in [4.69, 9.17) is 0 Å². The number of hydrogen-bond donors (Lipinski definition) is 1. The summed E-state index contributed by atoms with van der Waals surface area (Å²) >= 11 is 0. The lowest BCUT2D eigenvalue weighted by molar-refractivity contribution is -0.385. The van der Waals surface area contributed by atoms with Gasteiger partial charge in [-0.3, -0.25) is 10.1 Å². The smallest absolute Gasteiger partial charge is 0.272 e. The monoisotopic (exact) mass is 349 g/mol. The molecule has 1 aliphatic heterocycles. The summed E-state index contributed by atoms with van der Waals surface area (Å²) in [5.41, 5.74) is 0.285. The number of benzene rings is 1. The van der Waals surface area contributed by atoms with Crippen molar-refractivity contribution in [3.63, 3.8) is 0 Å². The van der Waals surface area contributed by atoms with Gasteiger partial charge in [-0.2, -0.15) is 4.31 Å². The van der Waals surface area contributed by atoms with Crippen LogP contribution in [0, 0.1) is 17.0 Å². The number of sulfonamides is 1. The quantitative estimate of drug-likeness (QED) is 0.645. The minimum atomic E-state index is -3.60. The molecule has 0 radical (unpaired) electrons. The van der Waals surface area contributed by atoms with Crippen LogP contribution < -0.4 is 5.32 Å². The molecule has 1 N–H and O–H groups in total. The molecule has 0 spiro atoms. The molecular weight excluding hydrogens is 330 g/mol. The molecule has 1 aromatic rings. The Morgan fingerprint density at radius 2 is 2.14 bits per heavy atom. The summed E-state index contributed by atoms with van der Waals surface area (Å²) in [7, 11) is -1.81. The van der Waals surface area contributed by atoms with Crippen LogP contribution in [0.2, 0.25) is 0 Å². The molecule has 0 bridgehead atoms. The van der Waals surface area contributed by atoms with Crippen molar-refractivity contribution in [1.29, 1.82) is 0 Å². The van der Waals surface area contributed by atoms with Gasteiger partial charge in [0.05, 0.1) is 9.82 Å². The van der Waals surface area contributed by atoms with Gasteiger partial charge in [-0.25, -0.2) is 8.42 Å². The average molecular weight is 350 g/mol. The molecule has 22 heavy (non-hydrogen) atoms. The SMILES string of the molecule is CNCC1CCCN1S(=O)(=O)c1ccc([N+](=O)[O-])c(C)c1.Cl. The summed E-state index contributed by atoms with van der Waals surface area (Å²) in [6, 6.07) is 3.89. The molecule has 0 aromatic heterocycles. The molecule has 1 aliphatic rings. The van der Waals surface area contributed by atoms with E-state index in [1.165, 1.54) is 22.5 Å². The number of nitrogens with one attached hydrogen (secondary N) is 1. The summed E-state index contributed by atoms with van der Waals surface area (Å²) in [5, 5.41) is 13.8. The van der Waals surface area contributed by atoms with E-state index < -0.39 is 14.9 Å². The molecule has 1 aromatic carbocycles. The topological polar surface area (TPSA) is 92.6 Å². The van der Waals surface area contributed by atoms with Crippen LogP contribution in [-0.4, -0.2) is 43.8 Å². The van der Waals surface area contributed by atoms with Gasteiger partial charge >= 0.3 is 0 Å². The number of halogens is 1. The van der Waals surface area contributed by atoms with Gasteiger partial charge in [-0.05, 0) is 38.9 Å². The molecule has 1 heterocycles. The van der Waals surface area contributed by atoms with Crippen LogP contribution in [0.1, 0.15) is 18.4 Å². The third-order valence-corrected chi connectivity index (χ3v) is 5.68. The first-order chi connectivity index (χ1) is 9.87. The molecule has 124 valence electrons. The predicted molar refractivity (Wildman–Crippen MR) is 85.9 cm³/mol. The van der Waals surface area contributed by atoms with Crippen molar-refractivity contribution in [3.8, 4) is 0 Å². The van der Waals surface area contributed by atoms with E-state index in [1.54, 1.807) is 14.0 Å².